The zero-order chi connectivity index (χ0) is 11.5. The summed E-state index contributed by atoms with van der Waals surface area (Å²) in [6.45, 7) is 2.23. The number of nitrogens with zero attached hydrogens (tertiary/aromatic N) is 2. The van der Waals surface area contributed by atoms with Gasteiger partial charge in [0.1, 0.15) is 12.0 Å². The Hall–Kier alpha value is 0.236. The Morgan fingerprint density at radius 3 is 3.06 bits per heavy atom. The monoisotopic (exact) mass is 264 g/mol. The van der Waals surface area contributed by atoms with E-state index in [-0.39, 0.29) is 63.2 Å². The maximum atomic E-state index is 10.5. The molecule has 0 aromatic carbocycles. The second-order valence-electron chi connectivity index (χ2n) is 3.80. The van der Waals surface area contributed by atoms with Gasteiger partial charge in [0.2, 0.25) is 5.89 Å². The maximum absolute atomic E-state index is 10.5. The quantitative estimate of drug-likeness (QED) is 0.520. The Morgan fingerprint density at radius 2 is 2.53 bits per heavy atom. The summed E-state index contributed by atoms with van der Waals surface area (Å²) in [5.41, 5.74) is -0.155. The van der Waals surface area contributed by atoms with Crippen LogP contribution in [-0.4, -0.2) is 42.2 Å². The molecule has 17 heavy (non-hydrogen) atoms. The van der Waals surface area contributed by atoms with E-state index in [1.165, 1.54) is 0 Å². The summed E-state index contributed by atoms with van der Waals surface area (Å²) in [5, 5.41) is 10.5. The fourth-order valence-corrected chi connectivity index (χ4v) is 1.80. The van der Waals surface area contributed by atoms with E-state index in [0.29, 0.717) is 12.4 Å². The Bertz CT molecular complexity index is 382. The van der Waals surface area contributed by atoms with E-state index >= 15 is 0 Å². The number of carbonyl (C=O) groups is 1. The average Bonchev–Trinajstić information content (AvgIpc) is 2.87. The Morgan fingerprint density at radius 1 is 1.76 bits per heavy atom. The van der Waals surface area contributed by atoms with Crippen LogP contribution in [0.5, 0.6) is 0 Å². The standard InChI is InChI=1S/C10H14N2O4.K/c1-15-7-2-3-12(4-7)5-9-11-8(6-16-9)10(13)14;/h6-7H,2-5H2,1H3,(H,13,14);/q;+1/p-1. The zero-order valence-corrected chi connectivity index (χ0v) is 13.1. The largest absolute Gasteiger partial charge is 1.00 e. The van der Waals surface area contributed by atoms with E-state index in [0.717, 1.165) is 25.8 Å². The van der Waals surface area contributed by atoms with Gasteiger partial charge in [0.15, 0.2) is 0 Å². The molecule has 1 aromatic rings. The van der Waals surface area contributed by atoms with Gasteiger partial charge in [-0.1, -0.05) is 0 Å². The van der Waals surface area contributed by atoms with Crippen molar-refractivity contribution in [1.29, 1.82) is 0 Å². The molecule has 1 aliphatic rings. The van der Waals surface area contributed by atoms with Crippen LogP contribution in [0.25, 0.3) is 0 Å². The predicted octanol–water partition coefficient (Wildman–Crippen LogP) is -3.74. The van der Waals surface area contributed by atoms with Crippen molar-refractivity contribution >= 4 is 5.97 Å². The van der Waals surface area contributed by atoms with Crippen LogP contribution in [0, 0.1) is 0 Å². The first kappa shape index (κ1) is 15.3. The molecule has 1 aliphatic heterocycles. The van der Waals surface area contributed by atoms with Crippen molar-refractivity contribution in [1.82, 2.24) is 9.88 Å². The van der Waals surface area contributed by atoms with Crippen LogP contribution in [0.1, 0.15) is 22.8 Å². The fraction of sp³-hybridized carbons (Fsp3) is 0.600. The molecule has 0 bridgehead atoms. The average molecular weight is 264 g/mol. The number of oxazole rings is 1. The minimum Gasteiger partial charge on any atom is -0.543 e. The first-order chi connectivity index (χ1) is 7.69. The number of carboxylic acids is 1. The van der Waals surface area contributed by atoms with Crippen LogP contribution >= 0.6 is 0 Å². The van der Waals surface area contributed by atoms with Gasteiger partial charge in [-0.2, -0.15) is 0 Å². The van der Waals surface area contributed by atoms with Crippen LogP contribution in [0.4, 0.5) is 0 Å². The van der Waals surface area contributed by atoms with Gasteiger partial charge in [-0.15, -0.1) is 0 Å². The van der Waals surface area contributed by atoms with Crippen LogP contribution < -0.4 is 56.5 Å². The summed E-state index contributed by atoms with van der Waals surface area (Å²) < 4.78 is 10.3. The number of likely N-dealkylation sites (tertiary alicyclic amines) is 1. The first-order valence-corrected chi connectivity index (χ1v) is 5.10. The molecule has 7 heteroatoms. The number of carbonyl (C=O) groups excluding carboxylic acids is 1. The molecule has 0 spiro atoms. The van der Waals surface area contributed by atoms with Gasteiger partial charge in [-0.25, -0.2) is 4.98 Å². The number of rotatable bonds is 4. The molecule has 2 rings (SSSR count). The van der Waals surface area contributed by atoms with E-state index in [4.69, 9.17) is 9.15 Å². The fourth-order valence-electron chi connectivity index (χ4n) is 1.80. The molecule has 1 atom stereocenters. The third kappa shape index (κ3) is 4.13. The van der Waals surface area contributed by atoms with Gasteiger partial charge in [0, 0.05) is 20.2 Å². The van der Waals surface area contributed by atoms with Crippen molar-refractivity contribution < 1.29 is 70.4 Å². The summed E-state index contributed by atoms with van der Waals surface area (Å²) in [7, 11) is 1.69. The van der Waals surface area contributed by atoms with E-state index in [2.05, 4.69) is 9.88 Å². The SMILES string of the molecule is COC1CCN(Cc2nc(C(=O)[O-])co2)C1.[K+]. The van der Waals surface area contributed by atoms with Gasteiger partial charge in [-0.3, -0.25) is 4.90 Å². The minimum atomic E-state index is -1.31. The molecule has 1 fully saturated rings. The second kappa shape index (κ2) is 6.98. The van der Waals surface area contributed by atoms with E-state index < -0.39 is 5.97 Å². The van der Waals surface area contributed by atoms with Crippen molar-refractivity contribution in [2.24, 2.45) is 0 Å². The van der Waals surface area contributed by atoms with Crippen molar-refractivity contribution in [3.8, 4) is 0 Å². The van der Waals surface area contributed by atoms with Gasteiger partial charge >= 0.3 is 51.4 Å². The van der Waals surface area contributed by atoms with Gasteiger partial charge in [-0.05, 0) is 6.42 Å². The van der Waals surface area contributed by atoms with E-state index in [9.17, 15) is 9.90 Å². The second-order valence-corrected chi connectivity index (χ2v) is 3.80. The third-order valence-electron chi connectivity index (χ3n) is 2.68. The van der Waals surface area contributed by atoms with Gasteiger partial charge in [0.25, 0.3) is 0 Å². The van der Waals surface area contributed by atoms with Crippen molar-refractivity contribution in [3.05, 3.63) is 17.8 Å². The number of ether oxygens (including phenoxy) is 1. The topological polar surface area (TPSA) is 78.6 Å². The summed E-state index contributed by atoms with van der Waals surface area (Å²) in [5.74, 6) is -0.915. The number of methoxy groups -OCH3 is 1. The Kier molecular flexibility index (Phi) is 6.28. The first-order valence-electron chi connectivity index (χ1n) is 5.10. The summed E-state index contributed by atoms with van der Waals surface area (Å²) in [6, 6.07) is 0. The van der Waals surface area contributed by atoms with Crippen LogP contribution in [0.2, 0.25) is 0 Å². The number of aromatic nitrogens is 1. The summed E-state index contributed by atoms with van der Waals surface area (Å²) in [4.78, 5) is 16.4. The zero-order valence-electron chi connectivity index (χ0n) is 10.0. The number of hydrogen-bond donors (Lipinski definition) is 0. The molecule has 0 saturated carbocycles. The third-order valence-corrected chi connectivity index (χ3v) is 2.68. The van der Waals surface area contributed by atoms with E-state index in [1.54, 1.807) is 7.11 Å². The van der Waals surface area contributed by atoms with Crippen LogP contribution in [-0.2, 0) is 11.3 Å². The molecule has 0 amide bonds. The number of aromatic carboxylic acids is 1. The van der Waals surface area contributed by atoms with Crippen LogP contribution in [0.3, 0.4) is 0 Å². The summed E-state index contributed by atoms with van der Waals surface area (Å²) in [6.07, 6.45) is 2.33. The molecule has 0 aliphatic carbocycles. The molecular formula is C10H13KN2O4. The van der Waals surface area contributed by atoms with E-state index in [1.807, 2.05) is 0 Å². The van der Waals surface area contributed by atoms with Gasteiger partial charge < -0.3 is 19.1 Å². The molecule has 0 radical (unpaired) electrons. The molecule has 2 heterocycles. The molecule has 0 N–H and O–H groups in total. The summed E-state index contributed by atoms with van der Waals surface area (Å²) >= 11 is 0. The molecule has 1 saturated heterocycles. The number of carboxylic acid groups (broad SMARTS) is 1. The maximum Gasteiger partial charge on any atom is 1.00 e. The molecule has 88 valence electrons. The van der Waals surface area contributed by atoms with Crippen molar-refractivity contribution in [3.63, 3.8) is 0 Å². The smallest absolute Gasteiger partial charge is 0.543 e. The molecule has 1 aromatic heterocycles. The molecule has 1 unspecified atom stereocenters. The Labute approximate surface area is 142 Å². The van der Waals surface area contributed by atoms with Crippen LogP contribution in [0.15, 0.2) is 10.7 Å². The molecular weight excluding hydrogens is 251 g/mol. The van der Waals surface area contributed by atoms with Crippen molar-refractivity contribution in [2.45, 2.75) is 19.1 Å². The van der Waals surface area contributed by atoms with Crippen molar-refractivity contribution in [2.75, 3.05) is 20.2 Å². The number of hydrogen-bond acceptors (Lipinski definition) is 6. The normalized spacial score (nSPS) is 20.2. The van der Waals surface area contributed by atoms with Gasteiger partial charge in [0.05, 0.1) is 18.6 Å². The Balaban J connectivity index is 0.00000144. The predicted molar refractivity (Wildman–Crippen MR) is 51.5 cm³/mol. The minimum absolute atomic E-state index is 0. The molecule has 6 nitrogen and oxygen atoms in total.